The topological polar surface area (TPSA) is 75.7 Å². The van der Waals surface area contributed by atoms with Gasteiger partial charge in [-0.25, -0.2) is 8.42 Å². The van der Waals surface area contributed by atoms with Crippen LogP contribution in [0.1, 0.15) is 28.4 Å². The Kier molecular flexibility index (Phi) is 8.24. The summed E-state index contributed by atoms with van der Waals surface area (Å²) in [4.78, 5) is 12.5. The van der Waals surface area contributed by atoms with Gasteiger partial charge in [-0.2, -0.15) is 0 Å². The highest BCUT2D eigenvalue weighted by molar-refractivity contribution is 7.92. The number of nitrogens with zero attached hydrogens (tertiary/aromatic N) is 1. The van der Waals surface area contributed by atoms with Crippen LogP contribution in [0.4, 0.5) is 5.69 Å². The highest BCUT2D eigenvalue weighted by atomic mass is 35.5. The van der Waals surface area contributed by atoms with Crippen molar-refractivity contribution in [1.82, 2.24) is 5.32 Å². The predicted octanol–water partition coefficient (Wildman–Crippen LogP) is 5.29. The third kappa shape index (κ3) is 7.12. The van der Waals surface area contributed by atoms with Crippen molar-refractivity contribution in [2.75, 3.05) is 17.2 Å². The van der Waals surface area contributed by atoms with Gasteiger partial charge in [0.15, 0.2) is 0 Å². The average Bonchev–Trinajstić information content (AvgIpc) is 2.75. The summed E-state index contributed by atoms with van der Waals surface area (Å²) >= 11 is 12.1. The molecule has 3 aromatic carbocycles. The second kappa shape index (κ2) is 10.9. The van der Waals surface area contributed by atoms with Crippen LogP contribution in [0.3, 0.4) is 0 Å². The van der Waals surface area contributed by atoms with E-state index in [9.17, 15) is 13.2 Å². The molecule has 0 aliphatic rings. The molecule has 3 aromatic rings. The Bertz CT molecular complexity index is 1210. The molecule has 174 valence electrons. The zero-order chi connectivity index (χ0) is 24.0. The van der Waals surface area contributed by atoms with Gasteiger partial charge >= 0.3 is 0 Å². The fourth-order valence-electron chi connectivity index (χ4n) is 3.21. The third-order valence-corrected chi connectivity index (χ3v) is 6.32. The SMILES string of the molecule is CCOc1cccc(CNC(=O)c2ccc(CN(c3cc(Cl)cc(Cl)c3)S(C)(=O)=O)cc2)c1. The van der Waals surface area contributed by atoms with E-state index < -0.39 is 10.0 Å². The van der Waals surface area contributed by atoms with E-state index in [1.165, 1.54) is 22.5 Å². The van der Waals surface area contributed by atoms with Crippen molar-refractivity contribution in [1.29, 1.82) is 0 Å². The maximum Gasteiger partial charge on any atom is 0.251 e. The normalized spacial score (nSPS) is 11.2. The zero-order valence-corrected chi connectivity index (χ0v) is 20.5. The molecule has 33 heavy (non-hydrogen) atoms. The Morgan fingerprint density at radius 2 is 1.64 bits per heavy atom. The molecule has 0 unspecified atom stereocenters. The van der Waals surface area contributed by atoms with Crippen molar-refractivity contribution in [2.45, 2.75) is 20.0 Å². The van der Waals surface area contributed by atoms with Gasteiger partial charge in [0.05, 0.1) is 25.1 Å². The summed E-state index contributed by atoms with van der Waals surface area (Å²) in [5.41, 5.74) is 2.47. The Hall–Kier alpha value is -2.74. The molecule has 0 aliphatic carbocycles. The molecule has 0 spiro atoms. The Morgan fingerprint density at radius 3 is 2.24 bits per heavy atom. The van der Waals surface area contributed by atoms with Crippen LogP contribution < -0.4 is 14.4 Å². The minimum absolute atomic E-state index is 0.0711. The molecule has 0 fully saturated rings. The predicted molar refractivity (Wildman–Crippen MR) is 133 cm³/mol. The van der Waals surface area contributed by atoms with Crippen LogP contribution in [-0.4, -0.2) is 27.2 Å². The van der Waals surface area contributed by atoms with Gasteiger partial charge < -0.3 is 10.1 Å². The number of rotatable bonds is 9. The molecule has 0 radical (unpaired) electrons. The Balaban J connectivity index is 1.69. The molecule has 1 N–H and O–H groups in total. The third-order valence-electron chi connectivity index (χ3n) is 4.74. The van der Waals surface area contributed by atoms with Gasteiger partial charge in [0.25, 0.3) is 5.91 Å². The maximum absolute atomic E-state index is 12.5. The Labute approximate surface area is 204 Å². The van der Waals surface area contributed by atoms with Crippen LogP contribution >= 0.6 is 23.2 Å². The summed E-state index contributed by atoms with van der Waals surface area (Å²) in [5.74, 6) is 0.523. The van der Waals surface area contributed by atoms with Crippen molar-refractivity contribution in [3.8, 4) is 5.75 Å². The molecule has 0 aliphatic heterocycles. The van der Waals surface area contributed by atoms with Crippen molar-refractivity contribution in [2.24, 2.45) is 0 Å². The number of nitrogens with one attached hydrogen (secondary N) is 1. The molecule has 0 bridgehead atoms. The van der Waals surface area contributed by atoms with Crippen LogP contribution in [0.5, 0.6) is 5.75 Å². The first kappa shape index (κ1) is 24.9. The number of ether oxygens (including phenoxy) is 1. The summed E-state index contributed by atoms with van der Waals surface area (Å²) in [6.45, 7) is 2.92. The van der Waals surface area contributed by atoms with E-state index in [1.54, 1.807) is 24.3 Å². The summed E-state index contributed by atoms with van der Waals surface area (Å²) in [6.07, 6.45) is 1.12. The van der Waals surface area contributed by atoms with Crippen LogP contribution in [0.2, 0.25) is 10.0 Å². The first-order valence-electron chi connectivity index (χ1n) is 10.2. The minimum Gasteiger partial charge on any atom is -0.494 e. The largest absolute Gasteiger partial charge is 0.494 e. The molecule has 9 heteroatoms. The van der Waals surface area contributed by atoms with Gasteiger partial charge in [0.1, 0.15) is 5.75 Å². The van der Waals surface area contributed by atoms with Gasteiger partial charge in [-0.15, -0.1) is 0 Å². The first-order chi connectivity index (χ1) is 15.7. The highest BCUT2D eigenvalue weighted by Gasteiger charge is 2.19. The van der Waals surface area contributed by atoms with Crippen molar-refractivity contribution in [3.05, 3.63) is 93.5 Å². The van der Waals surface area contributed by atoms with Gasteiger partial charge in [-0.3, -0.25) is 9.10 Å². The molecular formula is C24H24Cl2N2O4S. The second-order valence-electron chi connectivity index (χ2n) is 7.36. The fraction of sp³-hybridized carbons (Fsp3) is 0.208. The quantitative estimate of drug-likeness (QED) is 0.427. The molecule has 0 atom stereocenters. The monoisotopic (exact) mass is 506 g/mol. The molecule has 0 heterocycles. The number of sulfonamides is 1. The van der Waals surface area contributed by atoms with E-state index in [-0.39, 0.29) is 12.5 Å². The minimum atomic E-state index is -3.60. The number of amides is 1. The van der Waals surface area contributed by atoms with E-state index in [4.69, 9.17) is 27.9 Å². The van der Waals surface area contributed by atoms with Gasteiger partial charge in [-0.1, -0.05) is 47.5 Å². The van der Waals surface area contributed by atoms with E-state index in [0.717, 1.165) is 17.6 Å². The van der Waals surface area contributed by atoms with Gasteiger partial charge in [-0.05, 0) is 60.5 Å². The van der Waals surface area contributed by atoms with Crippen molar-refractivity contribution in [3.63, 3.8) is 0 Å². The number of carbonyl (C=O) groups is 1. The average molecular weight is 507 g/mol. The van der Waals surface area contributed by atoms with Crippen LogP contribution in [-0.2, 0) is 23.1 Å². The summed E-state index contributed by atoms with van der Waals surface area (Å²) in [5, 5.41) is 3.55. The lowest BCUT2D eigenvalue weighted by molar-refractivity contribution is 0.0951. The van der Waals surface area contributed by atoms with Crippen LogP contribution in [0, 0.1) is 0 Å². The Morgan fingerprint density at radius 1 is 0.970 bits per heavy atom. The molecule has 0 saturated heterocycles. The molecule has 0 aromatic heterocycles. The van der Waals surface area contributed by atoms with E-state index in [0.29, 0.717) is 40.0 Å². The van der Waals surface area contributed by atoms with Gasteiger partial charge in [0.2, 0.25) is 10.0 Å². The number of hydrogen-bond acceptors (Lipinski definition) is 4. The number of benzene rings is 3. The smallest absolute Gasteiger partial charge is 0.251 e. The molecule has 6 nitrogen and oxygen atoms in total. The van der Waals surface area contributed by atoms with E-state index in [2.05, 4.69) is 5.32 Å². The lowest BCUT2D eigenvalue weighted by Crippen LogP contribution is -2.29. The maximum atomic E-state index is 12.5. The second-order valence-corrected chi connectivity index (χ2v) is 10.1. The lowest BCUT2D eigenvalue weighted by atomic mass is 10.1. The van der Waals surface area contributed by atoms with E-state index in [1.807, 2.05) is 31.2 Å². The fourth-order valence-corrected chi connectivity index (χ4v) is 4.59. The zero-order valence-electron chi connectivity index (χ0n) is 18.2. The first-order valence-corrected chi connectivity index (χ1v) is 12.8. The van der Waals surface area contributed by atoms with Crippen LogP contribution in [0.25, 0.3) is 0 Å². The van der Waals surface area contributed by atoms with Crippen molar-refractivity contribution < 1.29 is 17.9 Å². The van der Waals surface area contributed by atoms with Gasteiger partial charge in [0, 0.05) is 22.2 Å². The summed E-state index contributed by atoms with van der Waals surface area (Å²) in [7, 11) is -3.60. The molecule has 0 saturated carbocycles. The van der Waals surface area contributed by atoms with Crippen LogP contribution in [0.15, 0.2) is 66.7 Å². The molecule has 1 amide bonds. The van der Waals surface area contributed by atoms with E-state index >= 15 is 0 Å². The molecule has 3 rings (SSSR count). The summed E-state index contributed by atoms with van der Waals surface area (Å²) < 4.78 is 31.5. The standard InChI is InChI=1S/C24H24Cl2N2O4S/c1-3-32-23-6-4-5-18(11-23)15-27-24(29)19-9-7-17(8-10-19)16-28(33(2,30)31)22-13-20(25)12-21(26)14-22/h4-14H,3,15-16H2,1-2H3,(H,27,29). The lowest BCUT2D eigenvalue weighted by Gasteiger charge is -2.23. The number of carbonyl (C=O) groups excluding carboxylic acids is 1. The number of halogens is 2. The summed E-state index contributed by atoms with van der Waals surface area (Å²) in [6, 6.07) is 18.9. The number of hydrogen-bond donors (Lipinski definition) is 1. The number of anilines is 1. The molecular weight excluding hydrogens is 483 g/mol. The highest BCUT2D eigenvalue weighted by Crippen LogP contribution is 2.28. The van der Waals surface area contributed by atoms with Crippen molar-refractivity contribution >= 4 is 44.8 Å².